The highest BCUT2D eigenvalue weighted by Crippen LogP contribution is 2.27. The maximum absolute atomic E-state index is 11.1. The first-order valence-electron chi connectivity index (χ1n) is 6.15. The molecule has 1 atom stereocenters. The number of carboxylic acid groups (broad SMARTS) is 1. The van der Waals surface area contributed by atoms with Gasteiger partial charge in [0, 0.05) is 19.2 Å². The van der Waals surface area contributed by atoms with E-state index in [-0.39, 0.29) is 5.56 Å². The second kappa shape index (κ2) is 5.21. The fourth-order valence-corrected chi connectivity index (χ4v) is 2.30. The van der Waals surface area contributed by atoms with Crippen LogP contribution in [0.1, 0.15) is 30.1 Å². The summed E-state index contributed by atoms with van der Waals surface area (Å²) < 4.78 is 0. The summed E-state index contributed by atoms with van der Waals surface area (Å²) in [6, 6.07) is 1.29. The topological polar surface area (TPSA) is 96.6 Å². The molecule has 1 unspecified atom stereocenters. The SMILES string of the molecule is CCC1CCN(c2cc(C(=O)O)c([N+](=O)[O-])cn2)C1. The van der Waals surface area contributed by atoms with Crippen molar-refractivity contribution in [2.45, 2.75) is 19.8 Å². The number of anilines is 1. The number of aromatic nitrogens is 1. The lowest BCUT2D eigenvalue weighted by Crippen LogP contribution is -2.21. The molecular weight excluding hydrogens is 250 g/mol. The maximum Gasteiger partial charge on any atom is 0.342 e. The lowest BCUT2D eigenvalue weighted by atomic mass is 10.1. The molecule has 102 valence electrons. The highest BCUT2D eigenvalue weighted by Gasteiger charge is 2.26. The summed E-state index contributed by atoms with van der Waals surface area (Å²) in [7, 11) is 0. The molecule has 1 aliphatic heterocycles. The van der Waals surface area contributed by atoms with Crippen molar-refractivity contribution in [2.75, 3.05) is 18.0 Å². The van der Waals surface area contributed by atoms with Crippen LogP contribution in [-0.2, 0) is 0 Å². The number of aromatic carboxylic acids is 1. The van der Waals surface area contributed by atoms with Crippen molar-refractivity contribution in [3.63, 3.8) is 0 Å². The number of hydrogen-bond donors (Lipinski definition) is 1. The molecule has 0 bridgehead atoms. The van der Waals surface area contributed by atoms with Gasteiger partial charge in [0.2, 0.25) is 0 Å². The first-order chi connectivity index (χ1) is 9.02. The van der Waals surface area contributed by atoms with Crippen LogP contribution < -0.4 is 4.90 Å². The van der Waals surface area contributed by atoms with Gasteiger partial charge in [0.1, 0.15) is 17.6 Å². The van der Waals surface area contributed by atoms with E-state index in [0.29, 0.717) is 11.7 Å². The average molecular weight is 265 g/mol. The van der Waals surface area contributed by atoms with Gasteiger partial charge in [-0.1, -0.05) is 13.3 Å². The summed E-state index contributed by atoms with van der Waals surface area (Å²) in [6.07, 6.45) is 3.13. The third-order valence-electron chi connectivity index (χ3n) is 3.48. The Kier molecular flexibility index (Phi) is 3.64. The number of nitro groups is 1. The molecule has 0 spiro atoms. The molecule has 0 saturated carbocycles. The van der Waals surface area contributed by atoms with Gasteiger partial charge in [0.25, 0.3) is 0 Å². The molecule has 7 heteroatoms. The van der Waals surface area contributed by atoms with Gasteiger partial charge >= 0.3 is 11.7 Å². The lowest BCUT2D eigenvalue weighted by molar-refractivity contribution is -0.385. The number of hydrogen-bond acceptors (Lipinski definition) is 5. The van der Waals surface area contributed by atoms with Crippen molar-refractivity contribution in [1.29, 1.82) is 0 Å². The smallest absolute Gasteiger partial charge is 0.342 e. The van der Waals surface area contributed by atoms with Gasteiger partial charge < -0.3 is 10.0 Å². The maximum atomic E-state index is 11.1. The zero-order valence-electron chi connectivity index (χ0n) is 10.6. The molecule has 7 nitrogen and oxygen atoms in total. The fraction of sp³-hybridized carbons (Fsp3) is 0.500. The summed E-state index contributed by atoms with van der Waals surface area (Å²) in [5.74, 6) is -0.231. The van der Waals surface area contributed by atoms with E-state index in [9.17, 15) is 14.9 Å². The minimum Gasteiger partial charge on any atom is -0.477 e. The summed E-state index contributed by atoms with van der Waals surface area (Å²) in [5.41, 5.74) is -0.780. The monoisotopic (exact) mass is 265 g/mol. The largest absolute Gasteiger partial charge is 0.477 e. The van der Waals surface area contributed by atoms with Crippen LogP contribution in [0.25, 0.3) is 0 Å². The van der Waals surface area contributed by atoms with Gasteiger partial charge in [0.15, 0.2) is 0 Å². The highest BCUT2D eigenvalue weighted by atomic mass is 16.6. The minimum absolute atomic E-state index is 0.310. The van der Waals surface area contributed by atoms with Crippen LogP contribution in [0.5, 0.6) is 0 Å². The quantitative estimate of drug-likeness (QED) is 0.660. The number of carboxylic acids is 1. The molecule has 0 amide bonds. The first-order valence-corrected chi connectivity index (χ1v) is 6.15. The van der Waals surface area contributed by atoms with Gasteiger partial charge in [-0.3, -0.25) is 10.1 Å². The highest BCUT2D eigenvalue weighted by molar-refractivity contribution is 5.93. The van der Waals surface area contributed by atoms with Crippen LogP contribution in [0.15, 0.2) is 12.3 Å². The van der Waals surface area contributed by atoms with Gasteiger partial charge in [-0.25, -0.2) is 9.78 Å². The predicted molar refractivity (Wildman–Crippen MR) is 68.5 cm³/mol. The molecular formula is C12H15N3O4. The molecule has 0 radical (unpaired) electrons. The zero-order valence-corrected chi connectivity index (χ0v) is 10.6. The van der Waals surface area contributed by atoms with E-state index in [2.05, 4.69) is 11.9 Å². The van der Waals surface area contributed by atoms with E-state index in [0.717, 1.165) is 32.1 Å². The number of rotatable bonds is 4. The standard InChI is InChI=1S/C12H15N3O4/c1-2-8-3-4-14(7-8)11-5-9(12(16)17)10(6-13-11)15(18)19/h5-6,8H,2-4,7H2,1H3,(H,16,17). The Morgan fingerprint density at radius 1 is 1.68 bits per heavy atom. The van der Waals surface area contributed by atoms with Crippen molar-refractivity contribution in [3.8, 4) is 0 Å². The molecule has 2 heterocycles. The van der Waals surface area contributed by atoms with Crippen molar-refractivity contribution in [2.24, 2.45) is 5.92 Å². The Bertz CT molecular complexity index is 518. The van der Waals surface area contributed by atoms with E-state index in [1.165, 1.54) is 6.07 Å². The Hall–Kier alpha value is -2.18. The number of carbonyl (C=O) groups is 1. The molecule has 0 aromatic carbocycles. The van der Waals surface area contributed by atoms with Crippen LogP contribution in [-0.4, -0.2) is 34.1 Å². The van der Waals surface area contributed by atoms with Crippen molar-refractivity contribution >= 4 is 17.5 Å². The normalized spacial score (nSPS) is 18.6. The molecule has 1 aliphatic rings. The third-order valence-corrected chi connectivity index (χ3v) is 3.48. The van der Waals surface area contributed by atoms with Crippen LogP contribution in [0, 0.1) is 16.0 Å². The molecule has 19 heavy (non-hydrogen) atoms. The molecule has 1 N–H and O–H groups in total. The summed E-state index contributed by atoms with van der Waals surface area (Å²) in [5, 5.41) is 19.8. The first kappa shape index (κ1) is 13.3. The molecule has 1 saturated heterocycles. The van der Waals surface area contributed by atoms with Gasteiger partial charge in [-0.15, -0.1) is 0 Å². The van der Waals surface area contributed by atoms with Crippen molar-refractivity contribution < 1.29 is 14.8 Å². The molecule has 1 fully saturated rings. The van der Waals surface area contributed by atoms with Gasteiger partial charge in [-0.05, 0) is 12.3 Å². The predicted octanol–water partition coefficient (Wildman–Crippen LogP) is 1.92. The molecule has 1 aromatic rings. The van der Waals surface area contributed by atoms with Crippen LogP contribution in [0.3, 0.4) is 0 Å². The van der Waals surface area contributed by atoms with Crippen LogP contribution >= 0.6 is 0 Å². The van der Waals surface area contributed by atoms with E-state index in [1.807, 2.05) is 4.90 Å². The summed E-state index contributed by atoms with van der Waals surface area (Å²) >= 11 is 0. The third kappa shape index (κ3) is 2.64. The summed E-state index contributed by atoms with van der Waals surface area (Å²) in [4.78, 5) is 27.1. The second-order valence-corrected chi connectivity index (χ2v) is 4.63. The minimum atomic E-state index is -1.30. The summed E-state index contributed by atoms with van der Waals surface area (Å²) in [6.45, 7) is 3.74. The van der Waals surface area contributed by atoms with Gasteiger partial charge in [0.05, 0.1) is 4.92 Å². The van der Waals surface area contributed by atoms with E-state index < -0.39 is 16.6 Å². The van der Waals surface area contributed by atoms with E-state index in [1.54, 1.807) is 0 Å². The number of pyridine rings is 1. The Morgan fingerprint density at radius 2 is 2.42 bits per heavy atom. The fourth-order valence-electron chi connectivity index (χ4n) is 2.30. The molecule has 1 aromatic heterocycles. The Morgan fingerprint density at radius 3 is 2.95 bits per heavy atom. The van der Waals surface area contributed by atoms with Crippen molar-refractivity contribution in [3.05, 3.63) is 27.9 Å². The van der Waals surface area contributed by atoms with E-state index in [4.69, 9.17) is 5.11 Å². The lowest BCUT2D eigenvalue weighted by Gasteiger charge is -2.17. The van der Waals surface area contributed by atoms with Crippen molar-refractivity contribution in [1.82, 2.24) is 4.98 Å². The zero-order chi connectivity index (χ0) is 14.0. The van der Waals surface area contributed by atoms with E-state index >= 15 is 0 Å². The van der Waals surface area contributed by atoms with Crippen LogP contribution in [0.4, 0.5) is 11.5 Å². The molecule has 2 rings (SSSR count). The Labute approximate surface area is 110 Å². The number of nitrogens with zero attached hydrogens (tertiary/aromatic N) is 3. The Balaban J connectivity index is 2.31. The second-order valence-electron chi connectivity index (χ2n) is 4.63. The van der Waals surface area contributed by atoms with Crippen LogP contribution in [0.2, 0.25) is 0 Å². The van der Waals surface area contributed by atoms with Gasteiger partial charge in [-0.2, -0.15) is 0 Å². The average Bonchev–Trinajstić information content (AvgIpc) is 2.86. The molecule has 0 aliphatic carbocycles.